The van der Waals surface area contributed by atoms with Gasteiger partial charge in [-0.3, -0.25) is 0 Å². The summed E-state index contributed by atoms with van der Waals surface area (Å²) in [5.74, 6) is -0.322. The monoisotopic (exact) mass is 175 g/mol. The number of ether oxygens (including phenoxy) is 1. The van der Waals surface area contributed by atoms with Crippen LogP contribution in [0.25, 0.3) is 11.1 Å². The molecule has 0 unspecified atom stereocenters. The molecule has 3 rings (SSSR count). The Labute approximate surface area is 73.1 Å². The van der Waals surface area contributed by atoms with Crippen LogP contribution in [0.5, 0.6) is 0 Å². The summed E-state index contributed by atoms with van der Waals surface area (Å²) < 4.78 is 9.99. The van der Waals surface area contributed by atoms with E-state index in [0.29, 0.717) is 23.3 Å². The highest BCUT2D eigenvalue weighted by molar-refractivity contribution is 6.04. The number of fused-ring (bicyclic) bond motifs is 3. The first-order valence-electron chi connectivity index (χ1n) is 3.88. The largest absolute Gasteiger partial charge is 0.457 e. The zero-order valence-electron chi connectivity index (χ0n) is 6.61. The highest BCUT2D eigenvalue weighted by atomic mass is 16.5. The number of rotatable bonds is 0. The molecule has 0 fully saturated rings. The van der Waals surface area contributed by atoms with E-state index in [1.54, 1.807) is 0 Å². The van der Waals surface area contributed by atoms with Gasteiger partial charge in [0.25, 0.3) is 0 Å². The molecule has 0 saturated heterocycles. The van der Waals surface area contributed by atoms with Gasteiger partial charge < -0.3 is 9.15 Å². The first kappa shape index (κ1) is 6.65. The SMILES string of the molecule is O=C1OCc2ccc3ncoc3c21. The molecule has 1 aliphatic rings. The van der Waals surface area contributed by atoms with Crippen LogP contribution in [0.4, 0.5) is 0 Å². The Morgan fingerprint density at radius 1 is 1.38 bits per heavy atom. The second-order valence-electron chi connectivity index (χ2n) is 2.88. The van der Waals surface area contributed by atoms with E-state index in [0.717, 1.165) is 5.56 Å². The van der Waals surface area contributed by atoms with Crippen molar-refractivity contribution < 1.29 is 13.9 Å². The second-order valence-corrected chi connectivity index (χ2v) is 2.88. The van der Waals surface area contributed by atoms with Gasteiger partial charge in [-0.1, -0.05) is 6.07 Å². The summed E-state index contributed by atoms with van der Waals surface area (Å²) >= 11 is 0. The van der Waals surface area contributed by atoms with Crippen molar-refractivity contribution in [2.45, 2.75) is 6.61 Å². The van der Waals surface area contributed by atoms with E-state index in [9.17, 15) is 4.79 Å². The van der Waals surface area contributed by atoms with Crippen LogP contribution in [0.2, 0.25) is 0 Å². The molecule has 4 heteroatoms. The van der Waals surface area contributed by atoms with Gasteiger partial charge in [-0.15, -0.1) is 0 Å². The molecule has 0 radical (unpaired) electrons. The number of carbonyl (C=O) groups excluding carboxylic acids is 1. The number of aromatic nitrogens is 1. The van der Waals surface area contributed by atoms with Crippen LogP contribution in [-0.4, -0.2) is 11.0 Å². The summed E-state index contributed by atoms with van der Waals surface area (Å²) in [6.07, 6.45) is 1.33. The molecule has 0 atom stereocenters. The lowest BCUT2D eigenvalue weighted by atomic mass is 10.1. The predicted molar refractivity (Wildman–Crippen MR) is 43.1 cm³/mol. The van der Waals surface area contributed by atoms with Crippen LogP contribution in [0.1, 0.15) is 15.9 Å². The second kappa shape index (κ2) is 2.10. The number of hydrogen-bond acceptors (Lipinski definition) is 4. The fraction of sp³-hybridized carbons (Fsp3) is 0.111. The molecule has 1 aromatic heterocycles. The van der Waals surface area contributed by atoms with Gasteiger partial charge in [0.05, 0.1) is 0 Å². The molecule has 0 aliphatic carbocycles. The Balaban J connectivity index is 2.49. The Morgan fingerprint density at radius 2 is 2.31 bits per heavy atom. The van der Waals surface area contributed by atoms with Gasteiger partial charge in [-0.05, 0) is 6.07 Å². The topological polar surface area (TPSA) is 52.3 Å². The zero-order chi connectivity index (χ0) is 8.84. The maximum absolute atomic E-state index is 11.3. The summed E-state index contributed by atoms with van der Waals surface area (Å²) in [6.45, 7) is 0.338. The number of cyclic esters (lactones) is 1. The van der Waals surface area contributed by atoms with E-state index >= 15 is 0 Å². The molecule has 2 aromatic rings. The van der Waals surface area contributed by atoms with Gasteiger partial charge >= 0.3 is 5.97 Å². The average Bonchev–Trinajstić information content (AvgIpc) is 2.70. The van der Waals surface area contributed by atoms with Gasteiger partial charge in [0.15, 0.2) is 12.0 Å². The van der Waals surface area contributed by atoms with E-state index in [-0.39, 0.29) is 5.97 Å². The quantitative estimate of drug-likeness (QED) is 0.569. The number of nitrogens with zero attached hydrogens (tertiary/aromatic N) is 1. The van der Waals surface area contributed by atoms with Crippen molar-refractivity contribution in [3.63, 3.8) is 0 Å². The summed E-state index contributed by atoms with van der Waals surface area (Å²) in [6, 6.07) is 3.66. The predicted octanol–water partition coefficient (Wildman–Crippen LogP) is 1.50. The molecule has 0 N–H and O–H groups in total. The Kier molecular flexibility index (Phi) is 1.07. The van der Waals surface area contributed by atoms with Crippen LogP contribution >= 0.6 is 0 Å². The molecule has 2 heterocycles. The fourth-order valence-electron chi connectivity index (χ4n) is 1.53. The van der Waals surface area contributed by atoms with Gasteiger partial charge in [-0.25, -0.2) is 9.78 Å². The minimum atomic E-state index is -0.322. The van der Waals surface area contributed by atoms with E-state index < -0.39 is 0 Å². The first-order chi connectivity index (χ1) is 6.36. The molecular formula is C9H5NO3. The molecule has 64 valence electrons. The molecule has 0 bridgehead atoms. The van der Waals surface area contributed by atoms with E-state index in [2.05, 4.69) is 4.98 Å². The standard InChI is InChI=1S/C9H5NO3/c11-9-7-5(3-12-9)1-2-6-8(7)13-4-10-6/h1-2,4H,3H2. The van der Waals surface area contributed by atoms with E-state index in [4.69, 9.17) is 9.15 Å². The maximum Gasteiger partial charge on any atom is 0.342 e. The van der Waals surface area contributed by atoms with Crippen LogP contribution in [0.3, 0.4) is 0 Å². The van der Waals surface area contributed by atoms with Crippen LogP contribution in [-0.2, 0) is 11.3 Å². The molecule has 0 saturated carbocycles. The van der Waals surface area contributed by atoms with E-state index in [1.807, 2.05) is 12.1 Å². The lowest BCUT2D eigenvalue weighted by molar-refractivity contribution is 0.0535. The van der Waals surface area contributed by atoms with Crippen molar-refractivity contribution in [2.75, 3.05) is 0 Å². The number of hydrogen-bond donors (Lipinski definition) is 0. The third-order valence-corrected chi connectivity index (χ3v) is 2.15. The van der Waals surface area contributed by atoms with Gasteiger partial charge in [0, 0.05) is 5.56 Å². The third-order valence-electron chi connectivity index (χ3n) is 2.15. The van der Waals surface area contributed by atoms with Gasteiger partial charge in [0.2, 0.25) is 0 Å². The summed E-state index contributed by atoms with van der Waals surface area (Å²) in [7, 11) is 0. The number of oxazole rings is 1. The summed E-state index contributed by atoms with van der Waals surface area (Å²) in [5, 5.41) is 0. The molecule has 4 nitrogen and oxygen atoms in total. The van der Waals surface area contributed by atoms with Crippen molar-refractivity contribution in [1.82, 2.24) is 4.98 Å². The van der Waals surface area contributed by atoms with Crippen LogP contribution < -0.4 is 0 Å². The fourth-order valence-corrected chi connectivity index (χ4v) is 1.53. The Hall–Kier alpha value is -1.84. The lowest BCUT2D eigenvalue weighted by Gasteiger charge is -1.92. The third kappa shape index (κ3) is 0.744. The van der Waals surface area contributed by atoms with Gasteiger partial charge in [-0.2, -0.15) is 0 Å². The van der Waals surface area contributed by atoms with Crippen LogP contribution in [0.15, 0.2) is 22.9 Å². The minimum Gasteiger partial charge on any atom is -0.457 e. The van der Waals surface area contributed by atoms with Crippen LogP contribution in [0, 0.1) is 0 Å². The minimum absolute atomic E-state index is 0.322. The summed E-state index contributed by atoms with van der Waals surface area (Å²) in [4.78, 5) is 15.2. The first-order valence-corrected chi connectivity index (χ1v) is 3.88. The highest BCUT2D eigenvalue weighted by Crippen LogP contribution is 2.27. The molecular weight excluding hydrogens is 170 g/mol. The summed E-state index contributed by atoms with van der Waals surface area (Å²) in [5.41, 5.74) is 2.61. The molecule has 0 spiro atoms. The maximum atomic E-state index is 11.3. The number of carbonyl (C=O) groups is 1. The Morgan fingerprint density at radius 3 is 3.23 bits per heavy atom. The Bertz CT molecular complexity index is 501. The van der Waals surface area contributed by atoms with Crippen molar-refractivity contribution in [2.24, 2.45) is 0 Å². The molecule has 0 amide bonds. The van der Waals surface area contributed by atoms with Crippen molar-refractivity contribution >= 4 is 17.1 Å². The zero-order valence-corrected chi connectivity index (χ0v) is 6.61. The smallest absolute Gasteiger partial charge is 0.342 e. The number of benzene rings is 1. The molecule has 1 aromatic carbocycles. The van der Waals surface area contributed by atoms with Crippen molar-refractivity contribution in [3.8, 4) is 0 Å². The normalized spacial score (nSPS) is 14.6. The molecule has 1 aliphatic heterocycles. The number of esters is 1. The molecule has 13 heavy (non-hydrogen) atoms. The average molecular weight is 175 g/mol. The van der Waals surface area contributed by atoms with E-state index in [1.165, 1.54) is 6.39 Å². The van der Waals surface area contributed by atoms with Crippen molar-refractivity contribution in [1.29, 1.82) is 0 Å². The van der Waals surface area contributed by atoms with Crippen molar-refractivity contribution in [3.05, 3.63) is 29.7 Å². The lowest BCUT2D eigenvalue weighted by Crippen LogP contribution is -1.93. The highest BCUT2D eigenvalue weighted by Gasteiger charge is 2.25. The van der Waals surface area contributed by atoms with Gasteiger partial charge in [0.1, 0.15) is 17.7 Å².